The molecule has 1 aromatic carbocycles. The highest BCUT2D eigenvalue weighted by Gasteiger charge is 2.21. The first-order valence-corrected chi connectivity index (χ1v) is 7.95. The second-order valence-corrected chi connectivity index (χ2v) is 6.08. The van der Waals surface area contributed by atoms with E-state index in [1.54, 1.807) is 0 Å². The second-order valence-electron chi connectivity index (χ2n) is 6.08. The molecule has 0 radical (unpaired) electrons. The molecule has 1 heterocycles. The SMILES string of the molecule is Cn1c(C2CCCCC2)nc2cc(CCCN)ccc21. The molecule has 3 nitrogen and oxygen atoms in total. The van der Waals surface area contributed by atoms with Gasteiger partial charge >= 0.3 is 0 Å². The fourth-order valence-corrected chi connectivity index (χ4v) is 3.45. The summed E-state index contributed by atoms with van der Waals surface area (Å²) in [6.07, 6.45) is 8.82. The molecule has 2 aromatic rings. The minimum atomic E-state index is 0.661. The maximum Gasteiger partial charge on any atom is 0.112 e. The van der Waals surface area contributed by atoms with E-state index in [1.165, 1.54) is 49.0 Å². The van der Waals surface area contributed by atoms with Gasteiger partial charge < -0.3 is 10.3 Å². The van der Waals surface area contributed by atoms with E-state index in [-0.39, 0.29) is 0 Å². The molecule has 1 aliphatic rings. The lowest BCUT2D eigenvalue weighted by molar-refractivity contribution is 0.423. The molecule has 3 rings (SSSR count). The zero-order valence-electron chi connectivity index (χ0n) is 12.4. The summed E-state index contributed by atoms with van der Waals surface area (Å²) in [5, 5.41) is 0. The number of imidazole rings is 1. The highest BCUT2D eigenvalue weighted by Crippen LogP contribution is 2.33. The topological polar surface area (TPSA) is 43.8 Å². The summed E-state index contributed by atoms with van der Waals surface area (Å²) in [4.78, 5) is 4.94. The third-order valence-corrected chi connectivity index (χ3v) is 4.62. The van der Waals surface area contributed by atoms with E-state index >= 15 is 0 Å². The van der Waals surface area contributed by atoms with E-state index < -0.39 is 0 Å². The van der Waals surface area contributed by atoms with E-state index in [4.69, 9.17) is 10.7 Å². The minimum absolute atomic E-state index is 0.661. The lowest BCUT2D eigenvalue weighted by Crippen LogP contribution is -2.09. The Balaban J connectivity index is 1.91. The normalized spacial score (nSPS) is 16.9. The van der Waals surface area contributed by atoms with Crippen molar-refractivity contribution in [1.29, 1.82) is 0 Å². The average molecular weight is 271 g/mol. The minimum Gasteiger partial charge on any atom is -0.331 e. The van der Waals surface area contributed by atoms with Crippen LogP contribution in [0.15, 0.2) is 18.2 Å². The summed E-state index contributed by atoms with van der Waals surface area (Å²) >= 11 is 0. The van der Waals surface area contributed by atoms with E-state index in [2.05, 4.69) is 29.8 Å². The Morgan fingerprint density at radius 1 is 1.25 bits per heavy atom. The van der Waals surface area contributed by atoms with Crippen molar-refractivity contribution in [2.45, 2.75) is 50.9 Å². The van der Waals surface area contributed by atoms with Crippen LogP contribution in [0.3, 0.4) is 0 Å². The van der Waals surface area contributed by atoms with Gasteiger partial charge in [0.05, 0.1) is 11.0 Å². The Kier molecular flexibility index (Phi) is 4.06. The number of nitrogens with zero attached hydrogens (tertiary/aromatic N) is 2. The first-order valence-electron chi connectivity index (χ1n) is 7.95. The second kappa shape index (κ2) is 5.96. The predicted octanol–water partition coefficient (Wildman–Crippen LogP) is 3.51. The molecule has 1 saturated carbocycles. The van der Waals surface area contributed by atoms with Crippen LogP contribution >= 0.6 is 0 Å². The van der Waals surface area contributed by atoms with Crippen LogP contribution in [0.1, 0.15) is 55.8 Å². The van der Waals surface area contributed by atoms with Crippen LogP contribution in [0.25, 0.3) is 11.0 Å². The highest BCUT2D eigenvalue weighted by atomic mass is 15.1. The van der Waals surface area contributed by atoms with Crippen LogP contribution in [-0.2, 0) is 13.5 Å². The standard InChI is InChI=1S/C17H25N3/c1-20-16-10-9-13(6-5-11-18)12-15(16)19-17(20)14-7-3-2-4-8-14/h9-10,12,14H,2-8,11,18H2,1H3. The van der Waals surface area contributed by atoms with Gasteiger partial charge in [-0.3, -0.25) is 0 Å². The van der Waals surface area contributed by atoms with Crippen molar-refractivity contribution in [2.75, 3.05) is 6.54 Å². The summed E-state index contributed by atoms with van der Waals surface area (Å²) in [7, 11) is 2.17. The van der Waals surface area contributed by atoms with Gasteiger partial charge in [-0.1, -0.05) is 25.3 Å². The Bertz CT molecular complexity index is 579. The van der Waals surface area contributed by atoms with Crippen molar-refractivity contribution in [3.63, 3.8) is 0 Å². The molecule has 0 saturated heterocycles. The molecule has 0 atom stereocenters. The Morgan fingerprint density at radius 2 is 2.05 bits per heavy atom. The molecule has 0 bridgehead atoms. The molecule has 0 aliphatic heterocycles. The van der Waals surface area contributed by atoms with Crippen molar-refractivity contribution >= 4 is 11.0 Å². The highest BCUT2D eigenvalue weighted by molar-refractivity contribution is 5.77. The van der Waals surface area contributed by atoms with Crippen molar-refractivity contribution in [3.05, 3.63) is 29.6 Å². The molecule has 1 fully saturated rings. The number of fused-ring (bicyclic) bond motifs is 1. The number of nitrogens with two attached hydrogens (primary N) is 1. The monoisotopic (exact) mass is 271 g/mol. The van der Waals surface area contributed by atoms with Crippen molar-refractivity contribution in [3.8, 4) is 0 Å². The summed E-state index contributed by atoms with van der Waals surface area (Å²) in [6.45, 7) is 0.758. The van der Waals surface area contributed by atoms with Crippen LogP contribution in [0.4, 0.5) is 0 Å². The number of aromatic nitrogens is 2. The molecule has 0 spiro atoms. The fourth-order valence-electron chi connectivity index (χ4n) is 3.45. The Morgan fingerprint density at radius 3 is 2.80 bits per heavy atom. The lowest BCUT2D eigenvalue weighted by Gasteiger charge is -2.20. The van der Waals surface area contributed by atoms with Gasteiger partial charge in [-0.15, -0.1) is 0 Å². The molecule has 1 aromatic heterocycles. The largest absolute Gasteiger partial charge is 0.331 e. The Hall–Kier alpha value is -1.35. The molecular weight excluding hydrogens is 246 g/mol. The van der Waals surface area contributed by atoms with Crippen LogP contribution in [0.2, 0.25) is 0 Å². The molecular formula is C17H25N3. The quantitative estimate of drug-likeness (QED) is 0.924. The molecule has 0 amide bonds. The van der Waals surface area contributed by atoms with Gasteiger partial charge in [0, 0.05) is 13.0 Å². The summed E-state index contributed by atoms with van der Waals surface area (Å²) in [5.41, 5.74) is 9.37. The van der Waals surface area contributed by atoms with Crippen LogP contribution in [0.5, 0.6) is 0 Å². The van der Waals surface area contributed by atoms with E-state index in [0.29, 0.717) is 5.92 Å². The molecule has 20 heavy (non-hydrogen) atoms. The molecule has 3 heteroatoms. The lowest BCUT2D eigenvalue weighted by atomic mass is 9.89. The number of rotatable bonds is 4. The molecule has 0 unspecified atom stereocenters. The van der Waals surface area contributed by atoms with E-state index in [0.717, 1.165) is 24.9 Å². The smallest absolute Gasteiger partial charge is 0.112 e. The maximum absolute atomic E-state index is 5.59. The summed E-state index contributed by atoms with van der Waals surface area (Å²) in [6, 6.07) is 6.70. The first kappa shape index (κ1) is 13.6. The van der Waals surface area contributed by atoms with Crippen molar-refractivity contribution in [1.82, 2.24) is 9.55 Å². The van der Waals surface area contributed by atoms with Gasteiger partial charge in [0.1, 0.15) is 5.82 Å². The number of hydrogen-bond donors (Lipinski definition) is 1. The molecule has 1 aliphatic carbocycles. The third-order valence-electron chi connectivity index (χ3n) is 4.62. The van der Waals surface area contributed by atoms with Crippen LogP contribution < -0.4 is 5.73 Å². The van der Waals surface area contributed by atoms with Gasteiger partial charge in [-0.2, -0.15) is 0 Å². The zero-order chi connectivity index (χ0) is 13.9. The third kappa shape index (κ3) is 2.59. The Labute approximate surface area is 121 Å². The average Bonchev–Trinajstić information content (AvgIpc) is 2.83. The fraction of sp³-hybridized carbons (Fsp3) is 0.588. The number of benzene rings is 1. The van der Waals surface area contributed by atoms with Gasteiger partial charge in [0.15, 0.2) is 0 Å². The summed E-state index contributed by atoms with van der Waals surface area (Å²) in [5.74, 6) is 1.95. The van der Waals surface area contributed by atoms with E-state index in [1.807, 2.05) is 0 Å². The van der Waals surface area contributed by atoms with Crippen molar-refractivity contribution in [2.24, 2.45) is 12.8 Å². The van der Waals surface area contributed by atoms with Gasteiger partial charge in [-0.05, 0) is 49.9 Å². The first-order chi connectivity index (χ1) is 9.79. The molecule has 108 valence electrons. The van der Waals surface area contributed by atoms with Gasteiger partial charge in [0.25, 0.3) is 0 Å². The zero-order valence-corrected chi connectivity index (χ0v) is 12.4. The van der Waals surface area contributed by atoms with Crippen molar-refractivity contribution < 1.29 is 0 Å². The summed E-state index contributed by atoms with van der Waals surface area (Å²) < 4.78 is 2.30. The number of hydrogen-bond acceptors (Lipinski definition) is 2. The number of aryl methyl sites for hydroxylation is 2. The van der Waals surface area contributed by atoms with Crippen LogP contribution in [0, 0.1) is 0 Å². The molecule has 2 N–H and O–H groups in total. The predicted molar refractivity (Wildman–Crippen MR) is 83.9 cm³/mol. The maximum atomic E-state index is 5.59. The van der Waals surface area contributed by atoms with Crippen LogP contribution in [-0.4, -0.2) is 16.1 Å². The van der Waals surface area contributed by atoms with Gasteiger partial charge in [-0.25, -0.2) is 4.98 Å². The van der Waals surface area contributed by atoms with E-state index in [9.17, 15) is 0 Å². The van der Waals surface area contributed by atoms with Gasteiger partial charge in [0.2, 0.25) is 0 Å².